The summed E-state index contributed by atoms with van der Waals surface area (Å²) >= 11 is 0. The molecule has 0 spiro atoms. The Bertz CT molecular complexity index is 364. The second-order valence-corrected chi connectivity index (χ2v) is 6.21. The summed E-state index contributed by atoms with van der Waals surface area (Å²) in [7, 11) is 0. The van der Waals surface area contributed by atoms with E-state index in [1.165, 1.54) is 0 Å². The maximum absolute atomic E-state index is 12.6. The van der Waals surface area contributed by atoms with E-state index in [4.69, 9.17) is 10.9 Å². The molecule has 3 unspecified atom stereocenters. The van der Waals surface area contributed by atoms with Crippen LogP contribution in [0.15, 0.2) is 5.16 Å². The normalized spacial score (nSPS) is 28.2. The quantitative estimate of drug-likeness (QED) is 0.313. The standard InChI is InChI=1S/C15H29N3O2/c1-5-15(6-2,13(16)18-20)14(19)17-12-8-7-10(3)11(4)9-12/h10-12,20H,5-9H2,1-4H3,(H2,16,18)(H,17,19). The SMILES string of the molecule is CCC(CC)(C(=O)NC1CCC(C)C(C)C1)C(N)=NO. The highest BCUT2D eigenvalue weighted by atomic mass is 16.4. The summed E-state index contributed by atoms with van der Waals surface area (Å²) in [6.07, 6.45) is 4.22. The molecule has 0 radical (unpaired) electrons. The Morgan fingerprint density at radius 2 is 1.90 bits per heavy atom. The molecular formula is C15H29N3O2. The Morgan fingerprint density at radius 1 is 1.30 bits per heavy atom. The van der Waals surface area contributed by atoms with E-state index in [9.17, 15) is 4.79 Å². The second kappa shape index (κ2) is 6.95. The zero-order valence-electron chi connectivity index (χ0n) is 13.1. The van der Waals surface area contributed by atoms with E-state index < -0.39 is 5.41 Å². The lowest BCUT2D eigenvalue weighted by molar-refractivity contribution is -0.129. The van der Waals surface area contributed by atoms with Crippen LogP contribution in [0.2, 0.25) is 0 Å². The largest absolute Gasteiger partial charge is 0.409 e. The Morgan fingerprint density at radius 3 is 2.35 bits per heavy atom. The first-order valence-corrected chi connectivity index (χ1v) is 7.70. The van der Waals surface area contributed by atoms with Crippen LogP contribution in [0.3, 0.4) is 0 Å². The van der Waals surface area contributed by atoms with Gasteiger partial charge < -0.3 is 16.3 Å². The summed E-state index contributed by atoms with van der Waals surface area (Å²) in [6.45, 7) is 8.29. The predicted molar refractivity (Wildman–Crippen MR) is 80.5 cm³/mol. The summed E-state index contributed by atoms with van der Waals surface area (Å²) in [5.41, 5.74) is 4.88. The fourth-order valence-electron chi connectivity index (χ4n) is 3.15. The number of hydrogen-bond acceptors (Lipinski definition) is 3. The Kier molecular flexibility index (Phi) is 5.84. The van der Waals surface area contributed by atoms with Crippen molar-refractivity contribution in [2.24, 2.45) is 28.1 Å². The number of rotatable bonds is 5. The number of amidine groups is 1. The molecule has 1 aliphatic carbocycles. The Balaban J connectivity index is 2.77. The van der Waals surface area contributed by atoms with Crippen LogP contribution in [0.1, 0.15) is 59.8 Å². The van der Waals surface area contributed by atoms with Crippen LogP contribution < -0.4 is 11.1 Å². The number of hydrogen-bond donors (Lipinski definition) is 3. The van der Waals surface area contributed by atoms with Gasteiger partial charge in [-0.25, -0.2) is 0 Å². The summed E-state index contributed by atoms with van der Waals surface area (Å²) < 4.78 is 0. The van der Waals surface area contributed by atoms with Crippen molar-refractivity contribution in [2.45, 2.75) is 65.8 Å². The molecule has 1 aliphatic rings. The van der Waals surface area contributed by atoms with E-state index in [0.29, 0.717) is 24.7 Å². The van der Waals surface area contributed by atoms with Crippen molar-refractivity contribution in [1.82, 2.24) is 5.32 Å². The van der Waals surface area contributed by atoms with Crippen molar-refractivity contribution in [1.29, 1.82) is 0 Å². The average Bonchev–Trinajstić information content (AvgIpc) is 2.44. The van der Waals surface area contributed by atoms with Crippen LogP contribution >= 0.6 is 0 Å². The fraction of sp³-hybridized carbons (Fsp3) is 0.867. The number of carbonyl (C=O) groups excluding carboxylic acids is 1. The van der Waals surface area contributed by atoms with E-state index >= 15 is 0 Å². The molecule has 0 aliphatic heterocycles. The van der Waals surface area contributed by atoms with Crippen molar-refractivity contribution in [2.75, 3.05) is 0 Å². The molecule has 0 aromatic rings. The third-order valence-corrected chi connectivity index (χ3v) is 5.17. The zero-order chi connectivity index (χ0) is 15.3. The van der Waals surface area contributed by atoms with Gasteiger partial charge in [-0.3, -0.25) is 4.79 Å². The van der Waals surface area contributed by atoms with Gasteiger partial charge in [0.2, 0.25) is 5.91 Å². The summed E-state index contributed by atoms with van der Waals surface area (Å²) in [5, 5.41) is 15.1. The van der Waals surface area contributed by atoms with Crippen LogP contribution in [0, 0.1) is 17.3 Å². The van der Waals surface area contributed by atoms with Gasteiger partial charge in [0.05, 0.1) is 0 Å². The van der Waals surface area contributed by atoms with Crippen LogP contribution in [0.5, 0.6) is 0 Å². The van der Waals surface area contributed by atoms with E-state index in [1.54, 1.807) is 0 Å². The maximum atomic E-state index is 12.6. The molecule has 5 heteroatoms. The number of nitrogens with two attached hydrogens (primary N) is 1. The number of nitrogens with zero attached hydrogens (tertiary/aromatic N) is 1. The lowest BCUT2D eigenvalue weighted by atomic mass is 9.77. The first-order chi connectivity index (χ1) is 9.41. The van der Waals surface area contributed by atoms with E-state index in [0.717, 1.165) is 19.3 Å². The first-order valence-electron chi connectivity index (χ1n) is 7.70. The van der Waals surface area contributed by atoms with Crippen molar-refractivity contribution in [3.63, 3.8) is 0 Å². The summed E-state index contributed by atoms with van der Waals surface area (Å²) in [6, 6.07) is 0.206. The van der Waals surface area contributed by atoms with Crippen LogP contribution in [0.4, 0.5) is 0 Å². The number of nitrogens with one attached hydrogen (secondary N) is 1. The van der Waals surface area contributed by atoms with E-state index in [1.807, 2.05) is 13.8 Å². The third kappa shape index (κ3) is 3.25. The molecule has 1 saturated carbocycles. The van der Waals surface area contributed by atoms with Crippen LogP contribution in [-0.4, -0.2) is 23.0 Å². The molecule has 1 rings (SSSR count). The molecule has 0 aromatic heterocycles. The molecule has 0 bridgehead atoms. The topological polar surface area (TPSA) is 87.7 Å². The van der Waals surface area contributed by atoms with Crippen molar-refractivity contribution < 1.29 is 10.0 Å². The van der Waals surface area contributed by atoms with Gasteiger partial charge in [0.25, 0.3) is 0 Å². The minimum Gasteiger partial charge on any atom is -0.409 e. The van der Waals surface area contributed by atoms with Crippen LogP contribution in [0.25, 0.3) is 0 Å². The molecule has 1 amide bonds. The predicted octanol–water partition coefficient (Wildman–Crippen LogP) is 2.48. The van der Waals surface area contributed by atoms with Gasteiger partial charge in [-0.15, -0.1) is 0 Å². The molecule has 3 atom stereocenters. The molecule has 0 aromatic carbocycles. The molecule has 116 valence electrons. The Hall–Kier alpha value is -1.26. The minimum absolute atomic E-state index is 0.0113. The fourth-order valence-corrected chi connectivity index (χ4v) is 3.15. The minimum atomic E-state index is -0.888. The van der Waals surface area contributed by atoms with Crippen molar-refractivity contribution in [3.05, 3.63) is 0 Å². The van der Waals surface area contributed by atoms with Crippen molar-refractivity contribution >= 4 is 11.7 Å². The average molecular weight is 283 g/mol. The molecule has 1 fully saturated rings. The third-order valence-electron chi connectivity index (χ3n) is 5.17. The van der Waals surface area contributed by atoms with Crippen molar-refractivity contribution in [3.8, 4) is 0 Å². The lowest BCUT2D eigenvalue weighted by Crippen LogP contribution is -2.52. The highest BCUT2D eigenvalue weighted by molar-refractivity contribution is 6.06. The molecule has 20 heavy (non-hydrogen) atoms. The summed E-state index contributed by atoms with van der Waals surface area (Å²) in [4.78, 5) is 12.6. The van der Waals surface area contributed by atoms with Gasteiger partial charge in [-0.05, 0) is 43.9 Å². The molecule has 5 nitrogen and oxygen atoms in total. The summed E-state index contributed by atoms with van der Waals surface area (Å²) in [5.74, 6) is 1.24. The zero-order valence-corrected chi connectivity index (χ0v) is 13.1. The van der Waals surface area contributed by atoms with E-state index in [-0.39, 0.29) is 17.8 Å². The molecule has 0 heterocycles. The number of oxime groups is 1. The van der Waals surface area contributed by atoms with Gasteiger partial charge in [0.15, 0.2) is 5.84 Å². The highest BCUT2D eigenvalue weighted by Crippen LogP contribution is 2.32. The molecule has 0 saturated heterocycles. The van der Waals surface area contributed by atoms with Gasteiger partial charge >= 0.3 is 0 Å². The lowest BCUT2D eigenvalue weighted by Gasteiger charge is -2.36. The monoisotopic (exact) mass is 283 g/mol. The number of carbonyl (C=O) groups is 1. The van der Waals surface area contributed by atoms with E-state index in [2.05, 4.69) is 24.3 Å². The smallest absolute Gasteiger partial charge is 0.234 e. The molecule has 4 N–H and O–H groups in total. The second-order valence-electron chi connectivity index (χ2n) is 6.21. The molecular weight excluding hydrogens is 254 g/mol. The highest BCUT2D eigenvalue weighted by Gasteiger charge is 2.41. The van der Waals surface area contributed by atoms with Gasteiger partial charge in [0.1, 0.15) is 5.41 Å². The van der Waals surface area contributed by atoms with Crippen LogP contribution in [-0.2, 0) is 4.79 Å². The number of amides is 1. The van der Waals surface area contributed by atoms with Gasteiger partial charge in [-0.1, -0.05) is 32.9 Å². The first kappa shape index (κ1) is 16.8. The maximum Gasteiger partial charge on any atom is 0.234 e. The van der Waals surface area contributed by atoms with Gasteiger partial charge in [0, 0.05) is 6.04 Å². The van der Waals surface area contributed by atoms with Gasteiger partial charge in [-0.2, -0.15) is 0 Å². The Labute approximate surface area is 122 Å².